The molecule has 0 spiro atoms. The first-order chi connectivity index (χ1) is 14.9. The van der Waals surface area contributed by atoms with E-state index in [1.54, 1.807) is 25.1 Å². The Morgan fingerprint density at radius 3 is 2.26 bits per heavy atom. The van der Waals surface area contributed by atoms with E-state index in [-0.39, 0.29) is 5.91 Å². The number of aryl methyl sites for hydroxylation is 1. The highest BCUT2D eigenvalue weighted by Gasteiger charge is 2.28. The molecule has 4 nitrogen and oxygen atoms in total. The highest BCUT2D eigenvalue weighted by atomic mass is 35.5. The second-order valence-electron chi connectivity index (χ2n) is 7.28. The Balaban J connectivity index is 1.55. The van der Waals surface area contributed by atoms with Crippen molar-refractivity contribution in [2.24, 2.45) is 5.10 Å². The predicted octanol–water partition coefficient (Wildman–Crippen LogP) is 6.69. The first-order valence-electron chi connectivity index (χ1n) is 9.76. The summed E-state index contributed by atoms with van der Waals surface area (Å²) in [5.74, 6) is 0.218. The van der Waals surface area contributed by atoms with Gasteiger partial charge in [0.15, 0.2) is 5.75 Å². The van der Waals surface area contributed by atoms with E-state index in [1.165, 1.54) is 10.6 Å². The highest BCUT2D eigenvalue weighted by molar-refractivity contribution is 6.37. The van der Waals surface area contributed by atoms with E-state index in [1.807, 2.05) is 61.5 Å². The molecule has 4 rings (SSSR count). The second-order valence-corrected chi connectivity index (χ2v) is 8.10. The van der Waals surface area contributed by atoms with Crippen LogP contribution in [0.2, 0.25) is 10.0 Å². The van der Waals surface area contributed by atoms with Crippen molar-refractivity contribution in [3.63, 3.8) is 0 Å². The average Bonchev–Trinajstić information content (AvgIpc) is 3.03. The zero-order valence-electron chi connectivity index (χ0n) is 17.1. The summed E-state index contributed by atoms with van der Waals surface area (Å²) < 4.78 is 5.85. The number of ether oxygens (including phenoxy) is 1. The zero-order valence-corrected chi connectivity index (χ0v) is 18.6. The maximum Gasteiger partial charge on any atom is 0.280 e. The van der Waals surface area contributed by atoms with Crippen LogP contribution in [0, 0.1) is 6.92 Å². The molecule has 0 atom stereocenters. The highest BCUT2D eigenvalue weighted by Crippen LogP contribution is 2.36. The number of anilines is 1. The van der Waals surface area contributed by atoms with Crippen molar-refractivity contribution in [1.82, 2.24) is 0 Å². The predicted molar refractivity (Wildman–Crippen MR) is 127 cm³/mol. The van der Waals surface area contributed by atoms with Crippen LogP contribution in [0.4, 0.5) is 5.69 Å². The summed E-state index contributed by atoms with van der Waals surface area (Å²) in [5, 5.41) is 6.54. The molecule has 31 heavy (non-hydrogen) atoms. The summed E-state index contributed by atoms with van der Waals surface area (Å²) in [4.78, 5) is 12.9. The quantitative estimate of drug-likeness (QED) is 0.406. The molecule has 0 unspecified atom stereocenters. The average molecular weight is 451 g/mol. The molecular formula is C25H20Cl2N2O2. The van der Waals surface area contributed by atoms with Gasteiger partial charge in [-0.25, -0.2) is 0 Å². The summed E-state index contributed by atoms with van der Waals surface area (Å²) in [5.41, 5.74) is 4.73. The fourth-order valence-electron chi connectivity index (χ4n) is 3.24. The van der Waals surface area contributed by atoms with Crippen molar-refractivity contribution < 1.29 is 9.53 Å². The number of benzene rings is 3. The molecule has 1 amide bonds. The maximum atomic E-state index is 12.9. The molecule has 6 heteroatoms. The number of hydrogen-bond acceptors (Lipinski definition) is 3. The van der Waals surface area contributed by atoms with E-state index >= 15 is 0 Å². The second kappa shape index (κ2) is 8.96. The Morgan fingerprint density at radius 1 is 0.968 bits per heavy atom. The zero-order chi connectivity index (χ0) is 22.0. The van der Waals surface area contributed by atoms with Crippen LogP contribution in [0.5, 0.6) is 5.75 Å². The number of halogens is 2. The number of para-hydroxylation sites is 1. The summed E-state index contributed by atoms with van der Waals surface area (Å²) in [7, 11) is 0. The Bertz CT molecular complexity index is 1160. The molecule has 3 aromatic rings. The number of carbonyl (C=O) groups excluding carboxylic acids is 1. The molecular weight excluding hydrogens is 431 g/mol. The normalized spacial score (nSPS) is 14.8. The lowest BCUT2D eigenvalue weighted by Gasteiger charge is -2.12. The number of hydrogen-bond donors (Lipinski definition) is 0. The molecule has 0 N–H and O–H groups in total. The van der Waals surface area contributed by atoms with Gasteiger partial charge in [0, 0.05) is 0 Å². The molecule has 0 aliphatic carbocycles. The van der Waals surface area contributed by atoms with Crippen LogP contribution in [0.15, 0.2) is 77.4 Å². The van der Waals surface area contributed by atoms with Gasteiger partial charge in [-0.3, -0.25) is 4.79 Å². The minimum atomic E-state index is -0.198. The van der Waals surface area contributed by atoms with Gasteiger partial charge >= 0.3 is 0 Å². The Hall–Kier alpha value is -3.08. The third kappa shape index (κ3) is 4.66. The lowest BCUT2D eigenvalue weighted by Crippen LogP contribution is -2.21. The van der Waals surface area contributed by atoms with Crippen LogP contribution in [0.3, 0.4) is 0 Å². The van der Waals surface area contributed by atoms with Crippen LogP contribution in [-0.2, 0) is 11.4 Å². The summed E-state index contributed by atoms with van der Waals surface area (Å²) in [6.07, 6.45) is 1.74. The van der Waals surface area contributed by atoms with Crippen molar-refractivity contribution in [3.05, 3.63) is 99.0 Å². The first-order valence-corrected chi connectivity index (χ1v) is 10.5. The monoisotopic (exact) mass is 450 g/mol. The van der Waals surface area contributed by atoms with Gasteiger partial charge < -0.3 is 4.74 Å². The van der Waals surface area contributed by atoms with Crippen LogP contribution >= 0.6 is 23.2 Å². The minimum Gasteiger partial charge on any atom is -0.486 e. The van der Waals surface area contributed by atoms with Crippen molar-refractivity contribution in [3.8, 4) is 5.75 Å². The van der Waals surface area contributed by atoms with E-state index in [4.69, 9.17) is 27.9 Å². The Labute approximate surface area is 191 Å². The lowest BCUT2D eigenvalue weighted by molar-refractivity contribution is -0.114. The van der Waals surface area contributed by atoms with Crippen LogP contribution in [-0.4, -0.2) is 11.6 Å². The van der Waals surface area contributed by atoms with Crippen LogP contribution in [0.1, 0.15) is 23.6 Å². The van der Waals surface area contributed by atoms with E-state index in [2.05, 4.69) is 5.10 Å². The number of amides is 1. The van der Waals surface area contributed by atoms with E-state index in [9.17, 15) is 4.79 Å². The maximum absolute atomic E-state index is 12.9. The van der Waals surface area contributed by atoms with Gasteiger partial charge in [-0.1, -0.05) is 71.2 Å². The summed E-state index contributed by atoms with van der Waals surface area (Å²) in [6.45, 7) is 4.19. The number of hydrazone groups is 1. The molecule has 1 heterocycles. The molecule has 3 aromatic carbocycles. The molecule has 156 valence electrons. The summed E-state index contributed by atoms with van der Waals surface area (Å²) in [6, 6.07) is 20.8. The molecule has 0 radical (unpaired) electrons. The fraction of sp³-hybridized carbons (Fsp3) is 0.120. The summed E-state index contributed by atoms with van der Waals surface area (Å²) >= 11 is 12.9. The smallest absolute Gasteiger partial charge is 0.280 e. The molecule has 0 saturated heterocycles. The Morgan fingerprint density at radius 2 is 1.61 bits per heavy atom. The van der Waals surface area contributed by atoms with E-state index in [0.29, 0.717) is 44.9 Å². The van der Waals surface area contributed by atoms with E-state index in [0.717, 1.165) is 5.56 Å². The fourth-order valence-corrected chi connectivity index (χ4v) is 3.85. The first kappa shape index (κ1) is 21.2. The van der Waals surface area contributed by atoms with Gasteiger partial charge in [0.1, 0.15) is 6.61 Å². The van der Waals surface area contributed by atoms with Crippen LogP contribution < -0.4 is 9.75 Å². The van der Waals surface area contributed by atoms with E-state index < -0.39 is 0 Å². The number of carbonyl (C=O) groups is 1. The molecule has 0 fully saturated rings. The van der Waals surface area contributed by atoms with Gasteiger partial charge in [0.2, 0.25) is 0 Å². The van der Waals surface area contributed by atoms with Crippen LogP contribution in [0.25, 0.3) is 6.08 Å². The van der Waals surface area contributed by atoms with Gasteiger partial charge in [0.25, 0.3) is 5.91 Å². The van der Waals surface area contributed by atoms with Crippen molar-refractivity contribution >= 4 is 46.6 Å². The van der Waals surface area contributed by atoms with Crippen molar-refractivity contribution in [1.29, 1.82) is 0 Å². The topological polar surface area (TPSA) is 41.9 Å². The molecule has 0 saturated carbocycles. The SMILES string of the molecule is CC1=NN(c2ccccc2)C(=O)/C1=C/c1cc(Cl)c(OCc2ccc(C)cc2)c(Cl)c1. The van der Waals surface area contributed by atoms with Gasteiger partial charge in [0.05, 0.1) is 27.0 Å². The molecule has 1 aliphatic rings. The third-order valence-corrected chi connectivity index (χ3v) is 5.46. The largest absolute Gasteiger partial charge is 0.486 e. The Kier molecular flexibility index (Phi) is 6.12. The third-order valence-electron chi connectivity index (χ3n) is 4.90. The lowest BCUT2D eigenvalue weighted by atomic mass is 10.1. The van der Waals surface area contributed by atoms with Crippen molar-refractivity contribution in [2.75, 3.05) is 5.01 Å². The van der Waals surface area contributed by atoms with Gasteiger partial charge in [-0.15, -0.1) is 0 Å². The number of nitrogens with zero attached hydrogens (tertiary/aromatic N) is 2. The standard InChI is InChI=1S/C25H20Cl2N2O2/c1-16-8-10-18(11-9-16)15-31-24-22(26)13-19(14-23(24)27)12-21-17(2)28-29(25(21)30)20-6-4-3-5-7-20/h3-14H,15H2,1-2H3/b21-12+. The van der Waals surface area contributed by atoms with Gasteiger partial charge in [-0.2, -0.15) is 10.1 Å². The van der Waals surface area contributed by atoms with Crippen molar-refractivity contribution in [2.45, 2.75) is 20.5 Å². The molecule has 0 aromatic heterocycles. The number of rotatable bonds is 5. The minimum absolute atomic E-state index is 0.198. The molecule has 1 aliphatic heterocycles. The molecule has 0 bridgehead atoms. The van der Waals surface area contributed by atoms with Gasteiger partial charge in [-0.05, 0) is 55.3 Å².